The zero-order chi connectivity index (χ0) is 12.5. The molecule has 96 valence electrons. The van der Waals surface area contributed by atoms with Crippen LogP contribution in [0.2, 0.25) is 0 Å². The van der Waals surface area contributed by atoms with E-state index in [4.69, 9.17) is 9.47 Å². The molecule has 1 aromatic heterocycles. The highest BCUT2D eigenvalue weighted by Crippen LogP contribution is 2.17. The molecule has 1 aromatic rings. The van der Waals surface area contributed by atoms with Crippen molar-refractivity contribution >= 4 is 0 Å². The Kier molecular flexibility index (Phi) is 6.58. The number of aromatic nitrogens is 1. The number of nitrogens with zero attached hydrogens (tertiary/aromatic N) is 1. The van der Waals surface area contributed by atoms with Crippen LogP contribution in [0.3, 0.4) is 0 Å². The van der Waals surface area contributed by atoms with Gasteiger partial charge in [-0.2, -0.15) is 0 Å². The third kappa shape index (κ3) is 5.15. The van der Waals surface area contributed by atoms with Gasteiger partial charge < -0.3 is 14.8 Å². The lowest BCUT2D eigenvalue weighted by molar-refractivity contribution is 0.198. The predicted molar refractivity (Wildman–Crippen MR) is 68.4 cm³/mol. The normalized spacial score (nSPS) is 12.4. The van der Waals surface area contributed by atoms with Gasteiger partial charge in [0.05, 0.1) is 19.4 Å². The number of pyridine rings is 1. The first-order valence-electron chi connectivity index (χ1n) is 5.95. The second kappa shape index (κ2) is 8.03. The third-order valence-corrected chi connectivity index (χ3v) is 2.59. The van der Waals surface area contributed by atoms with Gasteiger partial charge in [-0.05, 0) is 31.0 Å². The van der Waals surface area contributed by atoms with Crippen LogP contribution in [0.5, 0.6) is 5.75 Å². The minimum Gasteiger partial charge on any atom is -0.495 e. The molecule has 1 unspecified atom stereocenters. The average molecular weight is 238 g/mol. The lowest BCUT2D eigenvalue weighted by atomic mass is 10.0. The lowest BCUT2D eigenvalue weighted by Gasteiger charge is -2.13. The van der Waals surface area contributed by atoms with Crippen LogP contribution in [0.25, 0.3) is 0 Å². The molecule has 1 heterocycles. The first-order valence-corrected chi connectivity index (χ1v) is 5.95. The molecular formula is C13H22N2O2. The maximum absolute atomic E-state index is 5.29. The molecule has 0 aromatic carbocycles. The van der Waals surface area contributed by atoms with Crippen molar-refractivity contribution in [2.24, 2.45) is 5.92 Å². The largest absolute Gasteiger partial charge is 0.495 e. The second-order valence-corrected chi connectivity index (χ2v) is 4.16. The Morgan fingerprint density at radius 2 is 2.24 bits per heavy atom. The average Bonchev–Trinajstić information content (AvgIpc) is 2.35. The molecule has 1 atom stereocenters. The Morgan fingerprint density at radius 3 is 2.94 bits per heavy atom. The fourth-order valence-electron chi connectivity index (χ4n) is 1.69. The summed E-state index contributed by atoms with van der Waals surface area (Å²) < 4.78 is 10.3. The summed E-state index contributed by atoms with van der Waals surface area (Å²) in [5.41, 5.74) is 1.02. The van der Waals surface area contributed by atoms with E-state index in [1.165, 1.54) is 0 Å². The molecule has 0 aliphatic carbocycles. The van der Waals surface area contributed by atoms with Crippen LogP contribution in [0.4, 0.5) is 0 Å². The number of nitrogens with one attached hydrogen (secondary N) is 1. The van der Waals surface area contributed by atoms with Crippen molar-refractivity contribution in [2.45, 2.75) is 13.3 Å². The summed E-state index contributed by atoms with van der Waals surface area (Å²) in [4.78, 5) is 4.36. The van der Waals surface area contributed by atoms with Gasteiger partial charge in [-0.25, -0.2) is 0 Å². The summed E-state index contributed by atoms with van der Waals surface area (Å²) in [6.45, 7) is 4.80. The zero-order valence-electron chi connectivity index (χ0n) is 10.9. The summed E-state index contributed by atoms with van der Waals surface area (Å²) in [6, 6.07) is 3.84. The van der Waals surface area contributed by atoms with Crippen molar-refractivity contribution in [3.05, 3.63) is 24.0 Å². The number of rotatable bonds is 8. The molecule has 0 fully saturated rings. The minimum absolute atomic E-state index is 0.524. The van der Waals surface area contributed by atoms with Gasteiger partial charge >= 0.3 is 0 Å². The van der Waals surface area contributed by atoms with Gasteiger partial charge in [0.1, 0.15) is 5.75 Å². The van der Waals surface area contributed by atoms with Crippen molar-refractivity contribution in [1.82, 2.24) is 10.3 Å². The van der Waals surface area contributed by atoms with Crippen LogP contribution in [0.1, 0.15) is 12.6 Å². The molecule has 0 radical (unpaired) electrons. The van der Waals surface area contributed by atoms with Gasteiger partial charge in [-0.1, -0.05) is 6.92 Å². The molecule has 1 N–H and O–H groups in total. The van der Waals surface area contributed by atoms with Crippen LogP contribution >= 0.6 is 0 Å². The van der Waals surface area contributed by atoms with Crippen LogP contribution in [0.15, 0.2) is 18.3 Å². The quantitative estimate of drug-likeness (QED) is 0.697. The molecule has 1 rings (SSSR count). The van der Waals surface area contributed by atoms with Crippen molar-refractivity contribution < 1.29 is 9.47 Å². The van der Waals surface area contributed by atoms with Gasteiger partial charge in [0, 0.05) is 19.9 Å². The second-order valence-electron chi connectivity index (χ2n) is 4.16. The predicted octanol–water partition coefficient (Wildman–Crippen LogP) is 1.50. The minimum atomic E-state index is 0.524. The van der Waals surface area contributed by atoms with Crippen molar-refractivity contribution in [2.75, 3.05) is 33.9 Å². The van der Waals surface area contributed by atoms with Gasteiger partial charge in [-0.3, -0.25) is 4.98 Å². The van der Waals surface area contributed by atoms with E-state index in [1.807, 2.05) is 18.3 Å². The topological polar surface area (TPSA) is 43.4 Å². The summed E-state index contributed by atoms with van der Waals surface area (Å²) in [6.07, 6.45) is 2.73. The van der Waals surface area contributed by atoms with E-state index in [0.29, 0.717) is 5.92 Å². The van der Waals surface area contributed by atoms with Crippen LogP contribution in [0, 0.1) is 5.92 Å². The van der Waals surface area contributed by atoms with E-state index >= 15 is 0 Å². The fraction of sp³-hybridized carbons (Fsp3) is 0.615. The number of hydrogen-bond acceptors (Lipinski definition) is 4. The standard InChI is InChI=1S/C13H22N2O2/c1-11(10-14-7-8-16-2)9-12-13(17-3)5-4-6-15-12/h4-6,11,14H,7-10H2,1-3H3. The number of ether oxygens (including phenoxy) is 2. The molecule has 0 spiro atoms. The molecule has 0 saturated heterocycles. The van der Waals surface area contributed by atoms with Gasteiger partial charge in [0.2, 0.25) is 0 Å². The maximum Gasteiger partial charge on any atom is 0.140 e. The van der Waals surface area contributed by atoms with E-state index in [1.54, 1.807) is 14.2 Å². The third-order valence-electron chi connectivity index (χ3n) is 2.59. The summed E-state index contributed by atoms with van der Waals surface area (Å²) in [7, 11) is 3.39. The molecule has 4 nitrogen and oxygen atoms in total. The molecule has 0 amide bonds. The maximum atomic E-state index is 5.29. The highest BCUT2D eigenvalue weighted by molar-refractivity contribution is 5.26. The smallest absolute Gasteiger partial charge is 0.140 e. The fourth-order valence-corrected chi connectivity index (χ4v) is 1.69. The lowest BCUT2D eigenvalue weighted by Crippen LogP contribution is -2.26. The van der Waals surface area contributed by atoms with Crippen LogP contribution in [-0.2, 0) is 11.2 Å². The zero-order valence-corrected chi connectivity index (χ0v) is 10.9. The molecule has 0 bridgehead atoms. The Labute approximate surface area is 103 Å². The van der Waals surface area contributed by atoms with E-state index < -0.39 is 0 Å². The van der Waals surface area contributed by atoms with Crippen LogP contribution < -0.4 is 10.1 Å². The summed E-state index contributed by atoms with van der Waals surface area (Å²) in [5.74, 6) is 1.40. The SMILES string of the molecule is COCCNCC(C)Cc1ncccc1OC. The van der Waals surface area contributed by atoms with Crippen molar-refractivity contribution in [3.8, 4) is 5.75 Å². The summed E-state index contributed by atoms with van der Waals surface area (Å²) >= 11 is 0. The van der Waals surface area contributed by atoms with Gasteiger partial charge in [-0.15, -0.1) is 0 Å². The molecule has 4 heteroatoms. The Bertz CT molecular complexity index is 318. The van der Waals surface area contributed by atoms with E-state index in [2.05, 4.69) is 17.2 Å². The Hall–Kier alpha value is -1.13. The first kappa shape index (κ1) is 13.9. The Morgan fingerprint density at radius 1 is 1.41 bits per heavy atom. The molecule has 0 aliphatic rings. The van der Waals surface area contributed by atoms with Crippen molar-refractivity contribution in [1.29, 1.82) is 0 Å². The van der Waals surface area contributed by atoms with Crippen LogP contribution in [-0.4, -0.2) is 38.9 Å². The van der Waals surface area contributed by atoms with Crippen molar-refractivity contribution in [3.63, 3.8) is 0 Å². The Balaban J connectivity index is 2.36. The molecular weight excluding hydrogens is 216 g/mol. The number of methoxy groups -OCH3 is 2. The highest BCUT2D eigenvalue weighted by Gasteiger charge is 2.08. The monoisotopic (exact) mass is 238 g/mol. The first-order chi connectivity index (χ1) is 8.27. The van der Waals surface area contributed by atoms with E-state index in [0.717, 1.165) is 37.6 Å². The van der Waals surface area contributed by atoms with E-state index in [-0.39, 0.29) is 0 Å². The molecule has 17 heavy (non-hydrogen) atoms. The highest BCUT2D eigenvalue weighted by atomic mass is 16.5. The summed E-state index contributed by atoms with van der Waals surface area (Å²) in [5, 5.41) is 3.35. The van der Waals surface area contributed by atoms with E-state index in [9.17, 15) is 0 Å². The molecule has 0 saturated carbocycles. The number of hydrogen-bond donors (Lipinski definition) is 1. The molecule has 0 aliphatic heterocycles. The van der Waals surface area contributed by atoms with Gasteiger partial charge in [0.25, 0.3) is 0 Å². The van der Waals surface area contributed by atoms with Gasteiger partial charge in [0.15, 0.2) is 0 Å².